The van der Waals surface area contributed by atoms with E-state index in [4.69, 9.17) is 5.73 Å². The minimum atomic E-state index is 0.0938. The summed E-state index contributed by atoms with van der Waals surface area (Å²) in [6.45, 7) is 11.0. The van der Waals surface area contributed by atoms with Gasteiger partial charge in [-0.15, -0.1) is 0 Å². The van der Waals surface area contributed by atoms with Crippen LogP contribution < -0.4 is 5.73 Å². The summed E-state index contributed by atoms with van der Waals surface area (Å²) in [7, 11) is 0. The molecule has 212 valence electrons. The molecule has 0 spiro atoms. The Hall–Kier alpha value is -1.55. The first-order valence-corrected chi connectivity index (χ1v) is 16.0. The fourth-order valence-electron chi connectivity index (χ4n) is 10.7. The summed E-state index contributed by atoms with van der Waals surface area (Å²) >= 11 is 0. The molecule has 4 aliphatic carbocycles. The van der Waals surface area contributed by atoms with Crippen LogP contribution in [0.15, 0.2) is 24.3 Å². The molecule has 4 saturated carbocycles. The molecule has 5 rings (SSSR count). The van der Waals surface area contributed by atoms with Gasteiger partial charge >= 0.3 is 0 Å². The third-order valence-electron chi connectivity index (χ3n) is 12.7. The fraction of sp³-hybridized carbons (Fsp3) is 0.794. The minimum Gasteiger partial charge on any atom is -0.508 e. The van der Waals surface area contributed by atoms with Gasteiger partial charge in [0.15, 0.2) is 0 Å². The van der Waals surface area contributed by atoms with Crippen LogP contribution in [0.25, 0.3) is 0 Å². The zero-order valence-electron chi connectivity index (χ0n) is 24.6. The molecule has 1 aromatic rings. The molecular formula is C34H54N2O2. The molecule has 0 aliphatic heterocycles. The molecule has 0 aromatic heterocycles. The first-order chi connectivity index (χ1) is 18.2. The average Bonchev–Trinajstić information content (AvgIpc) is 3.27. The molecule has 0 radical (unpaired) electrons. The molecule has 4 aliphatic rings. The van der Waals surface area contributed by atoms with Crippen molar-refractivity contribution in [1.29, 1.82) is 0 Å². The highest BCUT2D eigenvalue weighted by molar-refractivity contribution is 5.78. The Morgan fingerprint density at radius 1 is 1.03 bits per heavy atom. The number of nitrogens with two attached hydrogens (primary N) is 1. The molecule has 38 heavy (non-hydrogen) atoms. The van der Waals surface area contributed by atoms with Crippen LogP contribution in [-0.2, 0) is 11.2 Å². The van der Waals surface area contributed by atoms with Gasteiger partial charge in [-0.2, -0.15) is 0 Å². The number of nitrogens with zero attached hydrogens (tertiary/aromatic N) is 1. The molecular weight excluding hydrogens is 468 g/mol. The number of rotatable bonds is 8. The van der Waals surface area contributed by atoms with Gasteiger partial charge in [0.2, 0.25) is 5.91 Å². The van der Waals surface area contributed by atoms with Crippen molar-refractivity contribution in [3.8, 4) is 5.75 Å². The van der Waals surface area contributed by atoms with E-state index in [9.17, 15) is 9.90 Å². The highest BCUT2D eigenvalue weighted by atomic mass is 16.3. The quantitative estimate of drug-likeness (QED) is 0.380. The highest BCUT2D eigenvalue weighted by Gasteiger charge is 2.60. The smallest absolute Gasteiger partial charge is 0.236 e. The van der Waals surface area contributed by atoms with Crippen LogP contribution in [0, 0.1) is 46.3 Å². The Morgan fingerprint density at radius 3 is 2.45 bits per heavy atom. The van der Waals surface area contributed by atoms with Crippen LogP contribution >= 0.6 is 0 Å². The lowest BCUT2D eigenvalue weighted by molar-refractivity contribution is -0.142. The van der Waals surface area contributed by atoms with Crippen LogP contribution in [-0.4, -0.2) is 35.0 Å². The fourth-order valence-corrected chi connectivity index (χ4v) is 10.7. The summed E-state index contributed by atoms with van der Waals surface area (Å²) in [6.07, 6.45) is 15.6. The maximum absolute atomic E-state index is 13.0. The normalized spacial score (nSPS) is 39.1. The number of carbonyl (C=O) groups excluding carboxylic acids is 1. The molecule has 9 atom stereocenters. The summed E-state index contributed by atoms with van der Waals surface area (Å²) < 4.78 is 0. The van der Waals surface area contributed by atoms with E-state index in [1.165, 1.54) is 57.8 Å². The van der Waals surface area contributed by atoms with E-state index in [1.807, 2.05) is 12.1 Å². The second-order valence-corrected chi connectivity index (χ2v) is 14.3. The molecule has 3 N–H and O–H groups in total. The number of hydrogen-bond acceptors (Lipinski definition) is 3. The first kappa shape index (κ1) is 28.0. The maximum Gasteiger partial charge on any atom is 0.236 e. The Morgan fingerprint density at radius 2 is 1.74 bits per heavy atom. The third kappa shape index (κ3) is 4.93. The number of fused-ring (bicyclic) bond motifs is 5. The summed E-state index contributed by atoms with van der Waals surface area (Å²) in [5.74, 6) is 5.64. The number of benzene rings is 1. The van der Waals surface area contributed by atoms with E-state index in [0.29, 0.717) is 16.9 Å². The number of amides is 1. The molecule has 0 saturated heterocycles. The Kier molecular flexibility index (Phi) is 8.21. The maximum atomic E-state index is 13.0. The second kappa shape index (κ2) is 11.1. The number of phenols is 1. The lowest BCUT2D eigenvalue weighted by Gasteiger charge is -2.62. The summed E-state index contributed by atoms with van der Waals surface area (Å²) in [5.41, 5.74) is 8.06. The van der Waals surface area contributed by atoms with Crippen LogP contribution in [0.2, 0.25) is 0 Å². The van der Waals surface area contributed by atoms with Crippen LogP contribution in [0.4, 0.5) is 0 Å². The average molecular weight is 523 g/mol. The van der Waals surface area contributed by atoms with Gasteiger partial charge in [0, 0.05) is 12.6 Å². The van der Waals surface area contributed by atoms with Crippen LogP contribution in [0.3, 0.4) is 0 Å². The largest absolute Gasteiger partial charge is 0.508 e. The second-order valence-electron chi connectivity index (χ2n) is 14.3. The van der Waals surface area contributed by atoms with Crippen LogP contribution in [0.1, 0.15) is 104 Å². The van der Waals surface area contributed by atoms with Gasteiger partial charge < -0.3 is 15.7 Å². The predicted molar refractivity (Wildman–Crippen MR) is 156 cm³/mol. The van der Waals surface area contributed by atoms with E-state index in [2.05, 4.69) is 32.6 Å². The summed E-state index contributed by atoms with van der Waals surface area (Å²) in [5, 5.41) is 9.62. The number of carbonyl (C=O) groups is 1. The van der Waals surface area contributed by atoms with Crippen molar-refractivity contribution >= 4 is 5.91 Å². The lowest BCUT2D eigenvalue weighted by atomic mass is 9.44. The number of aromatic hydroxyl groups is 1. The molecule has 4 heteroatoms. The zero-order valence-corrected chi connectivity index (χ0v) is 24.6. The van der Waals surface area contributed by atoms with Crippen molar-refractivity contribution in [2.24, 2.45) is 52.1 Å². The van der Waals surface area contributed by atoms with Crippen molar-refractivity contribution in [2.75, 3.05) is 13.1 Å². The highest BCUT2D eigenvalue weighted by Crippen LogP contribution is 2.68. The van der Waals surface area contributed by atoms with Gasteiger partial charge in [-0.3, -0.25) is 4.79 Å². The van der Waals surface area contributed by atoms with Crippen molar-refractivity contribution in [1.82, 2.24) is 4.90 Å². The van der Waals surface area contributed by atoms with Crippen molar-refractivity contribution < 1.29 is 9.90 Å². The van der Waals surface area contributed by atoms with Crippen molar-refractivity contribution in [3.05, 3.63) is 29.8 Å². The number of phenolic OH excluding ortho intramolecular Hbond substituents is 1. The molecule has 1 amide bonds. The minimum absolute atomic E-state index is 0.0938. The molecule has 0 heterocycles. The van der Waals surface area contributed by atoms with Gasteiger partial charge in [-0.05, 0) is 128 Å². The molecule has 4 nitrogen and oxygen atoms in total. The number of hydrogen-bond donors (Lipinski definition) is 2. The Labute approximate surface area is 232 Å². The summed E-state index contributed by atoms with van der Waals surface area (Å²) in [6, 6.07) is 7.72. The van der Waals surface area contributed by atoms with E-state index < -0.39 is 0 Å². The van der Waals surface area contributed by atoms with Crippen molar-refractivity contribution in [2.45, 2.75) is 111 Å². The van der Waals surface area contributed by atoms with Crippen LogP contribution in [0.5, 0.6) is 5.75 Å². The molecule has 1 aromatic carbocycles. The van der Waals surface area contributed by atoms with E-state index in [1.54, 1.807) is 12.1 Å². The molecule has 0 bridgehead atoms. The monoisotopic (exact) mass is 522 g/mol. The third-order valence-corrected chi connectivity index (χ3v) is 12.7. The zero-order chi connectivity index (χ0) is 27.1. The summed E-state index contributed by atoms with van der Waals surface area (Å²) in [4.78, 5) is 15.1. The van der Waals surface area contributed by atoms with Crippen molar-refractivity contribution in [3.63, 3.8) is 0 Å². The predicted octanol–water partition coefficient (Wildman–Crippen LogP) is 7.19. The molecule has 5 unspecified atom stereocenters. The Bertz CT molecular complexity index is 962. The van der Waals surface area contributed by atoms with Gasteiger partial charge in [-0.1, -0.05) is 52.7 Å². The van der Waals surface area contributed by atoms with Gasteiger partial charge in [-0.25, -0.2) is 0 Å². The topological polar surface area (TPSA) is 66.6 Å². The van der Waals surface area contributed by atoms with Gasteiger partial charge in [0.05, 0.1) is 6.54 Å². The first-order valence-electron chi connectivity index (χ1n) is 16.0. The van der Waals surface area contributed by atoms with E-state index in [-0.39, 0.29) is 18.2 Å². The van der Waals surface area contributed by atoms with E-state index in [0.717, 1.165) is 66.9 Å². The standard InChI is InChI=1S/C34H54N2O2/c1-5-6-23(2)29-13-14-30-28-12-9-25-21-26(15-18-33(25,3)31(28)16-19-34(29,30)4)36(32(38)22-35)20-17-24-7-10-27(37)11-8-24/h7-8,10-11,23,25-26,28-31,37H,5-6,9,12-22,35H2,1-4H3/t23-,25?,26?,28?,29-,30?,31?,33+,34-/m1/s1. The molecule has 4 fully saturated rings. The van der Waals surface area contributed by atoms with Gasteiger partial charge in [0.25, 0.3) is 0 Å². The lowest BCUT2D eigenvalue weighted by Crippen LogP contribution is -2.56. The van der Waals surface area contributed by atoms with E-state index >= 15 is 0 Å². The Balaban J connectivity index is 1.27. The SMILES string of the molecule is CCC[C@@H](C)[C@H]1CCC2C3CCC4CC(N(CCc5ccc(O)cc5)C(=O)CN)CC[C@]4(C)C3CC[C@@]21C. The van der Waals surface area contributed by atoms with Gasteiger partial charge in [0.1, 0.15) is 5.75 Å².